The highest BCUT2D eigenvalue weighted by molar-refractivity contribution is 7.10. The summed E-state index contributed by atoms with van der Waals surface area (Å²) in [6, 6.07) is 4.65. The standard InChI is InChI=1S/C11H17N5S/c1-3-5-9(10-6-4-7-17-10)12-8-11-13-15-16(2)14-11/h4,6-7,9,12H,3,5,8H2,1-2H3. The molecule has 0 aliphatic carbocycles. The van der Waals surface area contributed by atoms with E-state index in [0.29, 0.717) is 12.6 Å². The Morgan fingerprint density at radius 2 is 2.41 bits per heavy atom. The lowest BCUT2D eigenvalue weighted by Gasteiger charge is -2.15. The summed E-state index contributed by atoms with van der Waals surface area (Å²) < 4.78 is 0. The Labute approximate surface area is 105 Å². The zero-order valence-corrected chi connectivity index (χ0v) is 10.9. The minimum Gasteiger partial charge on any atom is -0.302 e. The van der Waals surface area contributed by atoms with Crippen LogP contribution < -0.4 is 5.32 Å². The van der Waals surface area contributed by atoms with E-state index in [1.807, 2.05) is 0 Å². The maximum Gasteiger partial charge on any atom is 0.188 e. The topological polar surface area (TPSA) is 55.6 Å². The van der Waals surface area contributed by atoms with Crippen LogP contribution in [0.25, 0.3) is 0 Å². The van der Waals surface area contributed by atoms with Crippen molar-refractivity contribution in [3.05, 3.63) is 28.2 Å². The molecule has 2 rings (SSSR count). The monoisotopic (exact) mass is 251 g/mol. The Balaban J connectivity index is 1.94. The summed E-state index contributed by atoms with van der Waals surface area (Å²) in [6.07, 6.45) is 2.28. The largest absolute Gasteiger partial charge is 0.302 e. The van der Waals surface area contributed by atoms with Crippen LogP contribution in [-0.4, -0.2) is 20.2 Å². The number of hydrogen-bond acceptors (Lipinski definition) is 5. The fraction of sp³-hybridized carbons (Fsp3) is 0.545. The molecule has 0 aliphatic heterocycles. The van der Waals surface area contributed by atoms with Gasteiger partial charge < -0.3 is 5.32 Å². The normalized spacial score (nSPS) is 12.8. The molecule has 0 fully saturated rings. The summed E-state index contributed by atoms with van der Waals surface area (Å²) in [4.78, 5) is 2.85. The van der Waals surface area contributed by atoms with Crippen LogP contribution in [0.3, 0.4) is 0 Å². The van der Waals surface area contributed by atoms with E-state index < -0.39 is 0 Å². The molecule has 5 nitrogen and oxygen atoms in total. The maximum atomic E-state index is 4.16. The second-order valence-electron chi connectivity index (χ2n) is 3.93. The summed E-state index contributed by atoms with van der Waals surface area (Å²) in [5, 5.41) is 17.5. The Morgan fingerprint density at radius 3 is 3.00 bits per heavy atom. The Hall–Kier alpha value is -1.27. The molecule has 0 saturated carbocycles. The van der Waals surface area contributed by atoms with E-state index in [1.54, 1.807) is 18.4 Å². The van der Waals surface area contributed by atoms with Crippen molar-refractivity contribution in [1.29, 1.82) is 0 Å². The van der Waals surface area contributed by atoms with Crippen molar-refractivity contribution in [2.45, 2.75) is 32.4 Å². The third-order valence-corrected chi connectivity index (χ3v) is 3.51. The number of nitrogens with zero attached hydrogens (tertiary/aromatic N) is 4. The molecule has 0 aromatic carbocycles. The molecule has 2 aromatic rings. The maximum absolute atomic E-state index is 4.16. The number of tetrazole rings is 1. The molecule has 0 aliphatic rings. The molecule has 0 bridgehead atoms. The molecular weight excluding hydrogens is 234 g/mol. The van der Waals surface area contributed by atoms with Gasteiger partial charge in [0.1, 0.15) is 0 Å². The number of hydrogen-bond donors (Lipinski definition) is 1. The highest BCUT2D eigenvalue weighted by Gasteiger charge is 2.12. The van der Waals surface area contributed by atoms with Gasteiger partial charge in [0.15, 0.2) is 5.82 Å². The van der Waals surface area contributed by atoms with E-state index in [1.165, 1.54) is 9.67 Å². The van der Waals surface area contributed by atoms with Gasteiger partial charge in [-0.1, -0.05) is 19.4 Å². The fourth-order valence-electron chi connectivity index (χ4n) is 1.73. The van der Waals surface area contributed by atoms with Crippen molar-refractivity contribution in [3.63, 3.8) is 0 Å². The van der Waals surface area contributed by atoms with E-state index in [2.05, 4.69) is 45.2 Å². The molecule has 1 unspecified atom stereocenters. The van der Waals surface area contributed by atoms with Crippen LogP contribution in [0.4, 0.5) is 0 Å². The molecule has 2 aromatic heterocycles. The summed E-state index contributed by atoms with van der Waals surface area (Å²) >= 11 is 1.79. The smallest absolute Gasteiger partial charge is 0.188 e. The molecule has 1 atom stereocenters. The third-order valence-electron chi connectivity index (χ3n) is 2.52. The molecule has 6 heteroatoms. The van der Waals surface area contributed by atoms with E-state index >= 15 is 0 Å². The van der Waals surface area contributed by atoms with Gasteiger partial charge in [0.05, 0.1) is 13.6 Å². The molecule has 0 amide bonds. The lowest BCUT2D eigenvalue weighted by molar-refractivity contribution is 0.490. The number of aromatic nitrogens is 4. The quantitative estimate of drug-likeness (QED) is 0.852. The molecule has 0 saturated heterocycles. The average Bonchev–Trinajstić information content (AvgIpc) is 2.95. The molecule has 0 radical (unpaired) electrons. The lowest BCUT2D eigenvalue weighted by atomic mass is 10.1. The second kappa shape index (κ2) is 5.88. The predicted molar refractivity (Wildman–Crippen MR) is 67.6 cm³/mol. The van der Waals surface area contributed by atoms with Gasteiger partial charge in [-0.05, 0) is 23.1 Å². The molecule has 92 valence electrons. The van der Waals surface area contributed by atoms with Crippen LogP contribution in [-0.2, 0) is 13.6 Å². The van der Waals surface area contributed by atoms with Gasteiger partial charge in [-0.3, -0.25) is 0 Å². The first-order valence-electron chi connectivity index (χ1n) is 5.79. The van der Waals surface area contributed by atoms with Gasteiger partial charge in [0, 0.05) is 10.9 Å². The Kier molecular flexibility index (Phi) is 4.22. The minimum atomic E-state index is 0.392. The van der Waals surface area contributed by atoms with Gasteiger partial charge in [0.25, 0.3) is 0 Å². The molecule has 17 heavy (non-hydrogen) atoms. The van der Waals surface area contributed by atoms with E-state index in [-0.39, 0.29) is 0 Å². The molecule has 1 N–H and O–H groups in total. The van der Waals surface area contributed by atoms with Gasteiger partial charge in [0.2, 0.25) is 0 Å². The van der Waals surface area contributed by atoms with Crippen molar-refractivity contribution < 1.29 is 0 Å². The molecule has 2 heterocycles. The number of thiophene rings is 1. The highest BCUT2D eigenvalue weighted by Crippen LogP contribution is 2.23. The van der Waals surface area contributed by atoms with E-state index in [4.69, 9.17) is 0 Å². The first kappa shape index (κ1) is 12.2. The van der Waals surface area contributed by atoms with Crippen LogP contribution in [0, 0.1) is 0 Å². The van der Waals surface area contributed by atoms with Crippen LogP contribution >= 0.6 is 11.3 Å². The van der Waals surface area contributed by atoms with Crippen LogP contribution in [0.5, 0.6) is 0 Å². The summed E-state index contributed by atoms with van der Waals surface area (Å²) in [6.45, 7) is 2.86. The van der Waals surface area contributed by atoms with Crippen molar-refractivity contribution in [1.82, 2.24) is 25.5 Å². The predicted octanol–water partition coefficient (Wildman–Crippen LogP) is 1.90. The van der Waals surface area contributed by atoms with Crippen LogP contribution in [0.2, 0.25) is 0 Å². The van der Waals surface area contributed by atoms with Gasteiger partial charge in [-0.2, -0.15) is 4.80 Å². The first-order chi connectivity index (χ1) is 8.29. The van der Waals surface area contributed by atoms with E-state index in [9.17, 15) is 0 Å². The van der Waals surface area contributed by atoms with Crippen LogP contribution in [0.15, 0.2) is 17.5 Å². The fourth-order valence-corrected chi connectivity index (χ4v) is 2.57. The first-order valence-corrected chi connectivity index (χ1v) is 6.67. The Morgan fingerprint density at radius 1 is 1.53 bits per heavy atom. The zero-order valence-electron chi connectivity index (χ0n) is 10.1. The van der Waals surface area contributed by atoms with Gasteiger partial charge in [-0.25, -0.2) is 0 Å². The summed E-state index contributed by atoms with van der Waals surface area (Å²) in [5.41, 5.74) is 0. The number of nitrogens with one attached hydrogen (secondary N) is 1. The second-order valence-corrected chi connectivity index (χ2v) is 4.91. The summed E-state index contributed by atoms with van der Waals surface area (Å²) in [5.74, 6) is 0.741. The van der Waals surface area contributed by atoms with E-state index in [0.717, 1.165) is 18.7 Å². The Bertz CT molecular complexity index is 436. The average molecular weight is 251 g/mol. The lowest BCUT2D eigenvalue weighted by Crippen LogP contribution is -2.20. The third kappa shape index (κ3) is 3.34. The van der Waals surface area contributed by atoms with Crippen LogP contribution in [0.1, 0.15) is 36.5 Å². The number of rotatable bonds is 6. The van der Waals surface area contributed by atoms with Gasteiger partial charge >= 0.3 is 0 Å². The zero-order chi connectivity index (χ0) is 12.1. The van der Waals surface area contributed by atoms with Gasteiger partial charge in [-0.15, -0.1) is 21.5 Å². The highest BCUT2D eigenvalue weighted by atomic mass is 32.1. The SMILES string of the molecule is CCCC(NCc1nnn(C)n1)c1cccs1. The number of aryl methyl sites for hydroxylation is 1. The summed E-state index contributed by atoms with van der Waals surface area (Å²) in [7, 11) is 1.78. The van der Waals surface area contributed by atoms with Crippen molar-refractivity contribution in [2.24, 2.45) is 7.05 Å². The van der Waals surface area contributed by atoms with Crippen molar-refractivity contribution >= 4 is 11.3 Å². The molecular formula is C11H17N5S. The minimum absolute atomic E-state index is 0.392. The molecule has 0 spiro atoms. The van der Waals surface area contributed by atoms with Crippen molar-refractivity contribution in [3.8, 4) is 0 Å². The van der Waals surface area contributed by atoms with Crippen molar-refractivity contribution in [2.75, 3.05) is 0 Å².